The smallest absolute Gasteiger partial charge is 0.305 e. The van der Waals surface area contributed by atoms with E-state index in [1.807, 2.05) is 0 Å². The molecule has 1 aromatic carbocycles. The van der Waals surface area contributed by atoms with Crippen LogP contribution in [0.3, 0.4) is 0 Å². The lowest BCUT2D eigenvalue weighted by atomic mass is 10.1. The summed E-state index contributed by atoms with van der Waals surface area (Å²) in [4.78, 5) is 10.9. The zero-order chi connectivity index (χ0) is 15.9. The average Bonchev–Trinajstić information content (AvgIpc) is 2.40. The molecule has 0 aliphatic heterocycles. The van der Waals surface area contributed by atoms with E-state index < -0.39 is 16.0 Å². The highest BCUT2D eigenvalue weighted by molar-refractivity contribution is 7.89. The number of carbonyl (C=O) groups is 1. The summed E-state index contributed by atoms with van der Waals surface area (Å²) in [5, 5.41) is 0. The molecule has 1 aromatic rings. The quantitative estimate of drug-likeness (QED) is 0.740. The Kier molecular flexibility index (Phi) is 6.77. The predicted molar refractivity (Wildman–Crippen MR) is 77.7 cm³/mol. The van der Waals surface area contributed by atoms with Crippen LogP contribution < -0.4 is 4.72 Å². The third-order valence-corrected chi connectivity index (χ3v) is 4.45. The molecule has 7 heteroatoms. The Morgan fingerprint density at radius 1 is 1.33 bits per heavy atom. The lowest BCUT2D eigenvalue weighted by Gasteiger charge is -2.14. The van der Waals surface area contributed by atoms with Gasteiger partial charge in [0.05, 0.1) is 12.9 Å². The molecule has 21 heavy (non-hydrogen) atoms. The van der Waals surface area contributed by atoms with Crippen LogP contribution in [-0.2, 0) is 26.0 Å². The van der Waals surface area contributed by atoms with Crippen LogP contribution in [0.2, 0.25) is 0 Å². The maximum absolute atomic E-state index is 12.8. The van der Waals surface area contributed by atoms with Crippen LogP contribution in [0.4, 0.5) is 4.39 Å². The molecule has 0 saturated heterocycles. The second-order valence-corrected chi connectivity index (χ2v) is 6.72. The first kappa shape index (κ1) is 17.6. The van der Waals surface area contributed by atoms with Gasteiger partial charge >= 0.3 is 5.97 Å². The van der Waals surface area contributed by atoms with Gasteiger partial charge in [-0.3, -0.25) is 4.79 Å². The second kappa shape index (κ2) is 8.09. The topological polar surface area (TPSA) is 72.5 Å². The van der Waals surface area contributed by atoms with Gasteiger partial charge in [0, 0.05) is 12.5 Å². The van der Waals surface area contributed by atoms with Crippen molar-refractivity contribution in [3.8, 4) is 0 Å². The monoisotopic (exact) mass is 317 g/mol. The molecule has 0 aliphatic rings. The summed E-state index contributed by atoms with van der Waals surface area (Å²) in [5.41, 5.74) is 0.848. The third kappa shape index (κ3) is 7.19. The van der Waals surface area contributed by atoms with Gasteiger partial charge in [-0.05, 0) is 37.5 Å². The largest absolute Gasteiger partial charge is 0.469 e. The van der Waals surface area contributed by atoms with Crippen LogP contribution in [0.1, 0.15) is 25.3 Å². The highest BCUT2D eigenvalue weighted by Crippen LogP contribution is 2.07. The van der Waals surface area contributed by atoms with Crippen LogP contribution >= 0.6 is 0 Å². The average molecular weight is 317 g/mol. The number of hydrogen-bond donors (Lipinski definition) is 1. The number of methoxy groups -OCH3 is 1. The number of hydrogen-bond acceptors (Lipinski definition) is 4. The Bertz CT molecular complexity index is 557. The van der Waals surface area contributed by atoms with Gasteiger partial charge in [0.1, 0.15) is 5.82 Å². The number of benzene rings is 1. The number of carbonyl (C=O) groups excluding carboxylic acids is 1. The van der Waals surface area contributed by atoms with E-state index in [0.717, 1.165) is 5.56 Å². The summed E-state index contributed by atoms with van der Waals surface area (Å²) in [6.45, 7) is 1.74. The molecule has 0 spiro atoms. The fourth-order valence-electron chi connectivity index (χ4n) is 1.89. The van der Waals surface area contributed by atoms with Crippen LogP contribution in [0.5, 0.6) is 0 Å². The van der Waals surface area contributed by atoms with Crippen molar-refractivity contribution in [2.45, 2.75) is 32.2 Å². The van der Waals surface area contributed by atoms with E-state index in [1.165, 1.54) is 19.2 Å². The van der Waals surface area contributed by atoms with Crippen molar-refractivity contribution in [3.63, 3.8) is 0 Å². The highest BCUT2D eigenvalue weighted by Gasteiger charge is 2.15. The van der Waals surface area contributed by atoms with E-state index in [9.17, 15) is 17.6 Å². The maximum atomic E-state index is 12.8. The summed E-state index contributed by atoms with van der Waals surface area (Å²) in [6.07, 6.45) is 0.755. The minimum absolute atomic E-state index is 0.0732. The minimum Gasteiger partial charge on any atom is -0.469 e. The first-order valence-corrected chi connectivity index (χ1v) is 8.29. The minimum atomic E-state index is -3.44. The van der Waals surface area contributed by atoms with Gasteiger partial charge in [-0.15, -0.1) is 0 Å². The number of sulfonamides is 1. The molecule has 0 bridgehead atoms. The van der Waals surface area contributed by atoms with Gasteiger partial charge in [-0.25, -0.2) is 17.5 Å². The van der Waals surface area contributed by atoms with Crippen molar-refractivity contribution < 1.29 is 22.3 Å². The van der Waals surface area contributed by atoms with Gasteiger partial charge < -0.3 is 4.74 Å². The first-order valence-electron chi connectivity index (χ1n) is 6.63. The SMILES string of the molecule is COC(=O)CCCS(=O)(=O)NC(C)Cc1ccc(F)cc1. The Morgan fingerprint density at radius 2 is 1.95 bits per heavy atom. The third-order valence-electron chi connectivity index (χ3n) is 2.86. The molecular weight excluding hydrogens is 297 g/mol. The summed E-state index contributed by atoms with van der Waals surface area (Å²) < 4.78 is 43.4. The van der Waals surface area contributed by atoms with Gasteiger partial charge in [0.15, 0.2) is 0 Å². The Morgan fingerprint density at radius 3 is 2.52 bits per heavy atom. The van der Waals surface area contributed by atoms with Crippen LogP contribution in [0.25, 0.3) is 0 Å². The van der Waals surface area contributed by atoms with E-state index in [2.05, 4.69) is 9.46 Å². The van der Waals surface area contributed by atoms with Crippen molar-refractivity contribution in [1.82, 2.24) is 4.72 Å². The fraction of sp³-hybridized carbons (Fsp3) is 0.500. The first-order chi connectivity index (χ1) is 9.82. The van der Waals surface area contributed by atoms with Crippen molar-refractivity contribution in [3.05, 3.63) is 35.6 Å². The Balaban J connectivity index is 2.43. The molecule has 0 radical (unpaired) electrons. The molecule has 118 valence electrons. The number of rotatable bonds is 8. The molecule has 1 unspecified atom stereocenters. The molecular formula is C14H20FNO4S. The zero-order valence-corrected chi connectivity index (χ0v) is 13.0. The van der Waals surface area contributed by atoms with Gasteiger partial charge in [-0.1, -0.05) is 12.1 Å². The van der Waals surface area contributed by atoms with E-state index in [4.69, 9.17) is 0 Å². The maximum Gasteiger partial charge on any atom is 0.305 e. The van der Waals surface area contributed by atoms with E-state index in [0.29, 0.717) is 6.42 Å². The standard InChI is InChI=1S/C14H20FNO4S/c1-11(10-12-5-7-13(15)8-6-12)16-21(18,19)9-3-4-14(17)20-2/h5-8,11,16H,3-4,9-10H2,1-2H3. The van der Waals surface area contributed by atoms with Crippen LogP contribution in [0, 0.1) is 5.82 Å². The van der Waals surface area contributed by atoms with Crippen molar-refractivity contribution in [2.24, 2.45) is 0 Å². The van der Waals surface area contributed by atoms with Crippen molar-refractivity contribution >= 4 is 16.0 Å². The molecule has 1 rings (SSSR count). The van der Waals surface area contributed by atoms with E-state index in [1.54, 1.807) is 19.1 Å². The molecule has 1 atom stereocenters. The lowest BCUT2D eigenvalue weighted by Crippen LogP contribution is -2.35. The molecule has 0 fully saturated rings. The molecule has 0 heterocycles. The molecule has 1 N–H and O–H groups in total. The molecule has 5 nitrogen and oxygen atoms in total. The summed E-state index contributed by atoms with van der Waals surface area (Å²) in [6, 6.07) is 5.62. The Hall–Kier alpha value is -1.47. The van der Waals surface area contributed by atoms with Crippen molar-refractivity contribution in [2.75, 3.05) is 12.9 Å². The van der Waals surface area contributed by atoms with E-state index >= 15 is 0 Å². The summed E-state index contributed by atoms with van der Waals surface area (Å²) in [5.74, 6) is -0.880. The fourth-order valence-corrected chi connectivity index (χ4v) is 3.23. The highest BCUT2D eigenvalue weighted by atomic mass is 32.2. The predicted octanol–water partition coefficient (Wildman–Crippen LogP) is 1.63. The number of halogens is 1. The molecule has 0 amide bonds. The number of esters is 1. The lowest BCUT2D eigenvalue weighted by molar-refractivity contribution is -0.140. The van der Waals surface area contributed by atoms with Gasteiger partial charge in [0.2, 0.25) is 10.0 Å². The summed E-state index contributed by atoms with van der Waals surface area (Å²) >= 11 is 0. The Labute approximate surface area is 124 Å². The van der Waals surface area contributed by atoms with Gasteiger partial charge in [-0.2, -0.15) is 0 Å². The molecule has 0 saturated carbocycles. The summed E-state index contributed by atoms with van der Waals surface area (Å²) in [7, 11) is -2.18. The van der Waals surface area contributed by atoms with Crippen LogP contribution in [0.15, 0.2) is 24.3 Å². The zero-order valence-electron chi connectivity index (χ0n) is 12.1. The second-order valence-electron chi connectivity index (χ2n) is 4.85. The van der Waals surface area contributed by atoms with Gasteiger partial charge in [0.25, 0.3) is 0 Å². The normalized spacial score (nSPS) is 12.9. The molecule has 0 aliphatic carbocycles. The van der Waals surface area contributed by atoms with Crippen molar-refractivity contribution in [1.29, 1.82) is 0 Å². The number of ether oxygens (including phenoxy) is 1. The molecule has 0 aromatic heterocycles. The van der Waals surface area contributed by atoms with E-state index in [-0.39, 0.29) is 30.5 Å². The number of nitrogens with one attached hydrogen (secondary N) is 1. The van der Waals surface area contributed by atoms with Crippen LogP contribution in [-0.4, -0.2) is 33.3 Å².